The third-order valence-corrected chi connectivity index (χ3v) is 5.86. The monoisotopic (exact) mass is 553 g/mol. The van der Waals surface area contributed by atoms with E-state index in [1.54, 1.807) is 0 Å². The Balaban J connectivity index is 0.00000363. The molecule has 0 aliphatic carbocycles. The van der Waals surface area contributed by atoms with E-state index in [-0.39, 0.29) is 47.9 Å². The van der Waals surface area contributed by atoms with Gasteiger partial charge < -0.3 is 20.1 Å². The highest BCUT2D eigenvalue weighted by atomic mass is 127. The van der Waals surface area contributed by atoms with Crippen molar-refractivity contribution in [2.75, 3.05) is 13.1 Å². The molecule has 1 unspecified atom stereocenters. The van der Waals surface area contributed by atoms with Gasteiger partial charge in [-0.15, -0.1) is 34.2 Å². The number of rotatable bonds is 6. The van der Waals surface area contributed by atoms with E-state index < -0.39 is 0 Å². The van der Waals surface area contributed by atoms with Gasteiger partial charge in [-0.05, 0) is 32.3 Å². The minimum absolute atomic E-state index is 0. The smallest absolute Gasteiger partial charge is 0.225 e. The molecule has 1 fully saturated rings. The molecule has 1 aliphatic heterocycles. The van der Waals surface area contributed by atoms with Crippen molar-refractivity contribution in [3.05, 3.63) is 47.5 Å². The number of amides is 1. The third-order valence-electron chi connectivity index (χ3n) is 5.86. The Kier molecular flexibility index (Phi) is 9.92. The van der Waals surface area contributed by atoms with E-state index in [9.17, 15) is 4.79 Å². The van der Waals surface area contributed by atoms with Crippen LogP contribution in [-0.2, 0) is 18.4 Å². The van der Waals surface area contributed by atoms with E-state index >= 15 is 0 Å². The Morgan fingerprint density at radius 2 is 1.81 bits per heavy atom. The van der Waals surface area contributed by atoms with Gasteiger partial charge in [0.05, 0.1) is 6.04 Å². The molecule has 3 rings (SSSR count). The van der Waals surface area contributed by atoms with Crippen LogP contribution in [0.15, 0.2) is 35.3 Å². The highest BCUT2D eigenvalue weighted by molar-refractivity contribution is 14.0. The van der Waals surface area contributed by atoms with Crippen LogP contribution in [0.25, 0.3) is 0 Å². The van der Waals surface area contributed by atoms with Crippen LogP contribution < -0.4 is 10.6 Å². The number of carbonyl (C=O) groups excluding carboxylic acids is 1. The summed E-state index contributed by atoms with van der Waals surface area (Å²) in [7, 11) is 1.95. The van der Waals surface area contributed by atoms with Crippen molar-refractivity contribution in [2.24, 2.45) is 18.0 Å². The Labute approximate surface area is 208 Å². The van der Waals surface area contributed by atoms with E-state index in [1.165, 1.54) is 5.56 Å². The molecule has 1 aromatic carbocycles. The molecule has 1 saturated heterocycles. The highest BCUT2D eigenvalue weighted by Crippen LogP contribution is 2.15. The second-order valence-electron chi connectivity index (χ2n) is 8.56. The fourth-order valence-electron chi connectivity index (χ4n) is 3.70. The number of benzene rings is 1. The van der Waals surface area contributed by atoms with Crippen LogP contribution in [-0.4, -0.2) is 50.7 Å². The number of hydrogen-bond donors (Lipinski definition) is 2. The average Bonchev–Trinajstić information content (AvgIpc) is 3.10. The summed E-state index contributed by atoms with van der Waals surface area (Å²) in [6.45, 7) is 9.97. The van der Waals surface area contributed by atoms with Crippen molar-refractivity contribution in [3.8, 4) is 0 Å². The molecule has 9 heteroatoms. The van der Waals surface area contributed by atoms with Gasteiger partial charge in [0.1, 0.15) is 12.4 Å². The third kappa shape index (κ3) is 6.91. The number of carbonyl (C=O) groups is 1. The molecule has 176 valence electrons. The first-order chi connectivity index (χ1) is 14.8. The maximum Gasteiger partial charge on any atom is 0.225 e. The van der Waals surface area contributed by atoms with E-state index in [0.717, 1.165) is 43.5 Å². The Morgan fingerprint density at radius 1 is 1.16 bits per heavy atom. The second-order valence-corrected chi connectivity index (χ2v) is 8.56. The number of nitrogens with one attached hydrogen (secondary N) is 2. The fourth-order valence-corrected chi connectivity index (χ4v) is 3.70. The van der Waals surface area contributed by atoms with Crippen LogP contribution in [0.5, 0.6) is 0 Å². The molecule has 8 nitrogen and oxygen atoms in total. The molecule has 1 amide bonds. The lowest BCUT2D eigenvalue weighted by atomic mass is 10.0. The number of nitrogens with zero attached hydrogens (tertiary/aromatic N) is 5. The lowest BCUT2D eigenvalue weighted by Gasteiger charge is -2.34. The standard InChI is InChI=1S/C23H35N7O.HI/c1-16(2)22(31)30-13-11-20(12-14-30)26-23(24-15-21-28-27-18(4)29(21)5)25-17(3)19-9-7-6-8-10-19;/h6-10,16-17,20H,11-15H2,1-5H3,(H2,24,25,26);1H. The lowest BCUT2D eigenvalue weighted by molar-refractivity contribution is -0.135. The Morgan fingerprint density at radius 3 is 2.38 bits per heavy atom. The number of aryl methyl sites for hydroxylation is 1. The zero-order valence-corrected chi connectivity index (χ0v) is 22.0. The highest BCUT2D eigenvalue weighted by Gasteiger charge is 2.25. The molecule has 1 aromatic heterocycles. The molecule has 2 heterocycles. The van der Waals surface area contributed by atoms with Crippen molar-refractivity contribution in [3.63, 3.8) is 0 Å². The number of aromatic nitrogens is 3. The van der Waals surface area contributed by atoms with Crippen molar-refractivity contribution < 1.29 is 4.79 Å². The molecule has 32 heavy (non-hydrogen) atoms. The van der Waals surface area contributed by atoms with Crippen LogP contribution in [0, 0.1) is 12.8 Å². The van der Waals surface area contributed by atoms with Crippen molar-refractivity contribution in [2.45, 2.75) is 59.2 Å². The maximum atomic E-state index is 12.3. The molecule has 0 bridgehead atoms. The van der Waals surface area contributed by atoms with Crippen LogP contribution in [0.2, 0.25) is 0 Å². The van der Waals surface area contributed by atoms with E-state index in [2.05, 4.69) is 39.9 Å². The summed E-state index contributed by atoms with van der Waals surface area (Å²) in [6.07, 6.45) is 1.81. The molecule has 2 aromatic rings. The predicted octanol–water partition coefficient (Wildman–Crippen LogP) is 3.18. The van der Waals surface area contributed by atoms with E-state index in [0.29, 0.717) is 6.54 Å². The average molecular weight is 553 g/mol. The summed E-state index contributed by atoms with van der Waals surface area (Å²) in [6, 6.07) is 10.7. The largest absolute Gasteiger partial charge is 0.354 e. The molecule has 0 spiro atoms. The van der Waals surface area contributed by atoms with Crippen LogP contribution >= 0.6 is 24.0 Å². The first-order valence-corrected chi connectivity index (χ1v) is 11.1. The minimum Gasteiger partial charge on any atom is -0.354 e. The molecule has 1 aliphatic rings. The quantitative estimate of drug-likeness (QED) is 0.326. The van der Waals surface area contributed by atoms with E-state index in [1.807, 2.05) is 55.5 Å². The number of likely N-dealkylation sites (tertiary alicyclic amines) is 1. The lowest BCUT2D eigenvalue weighted by Crippen LogP contribution is -2.50. The fraction of sp³-hybridized carbons (Fsp3) is 0.565. The van der Waals surface area contributed by atoms with E-state index in [4.69, 9.17) is 4.99 Å². The van der Waals surface area contributed by atoms with Gasteiger partial charge in [0.15, 0.2) is 11.8 Å². The summed E-state index contributed by atoms with van der Waals surface area (Å²) < 4.78 is 1.96. The summed E-state index contributed by atoms with van der Waals surface area (Å²) >= 11 is 0. The van der Waals surface area contributed by atoms with Crippen molar-refractivity contribution in [1.29, 1.82) is 0 Å². The van der Waals surface area contributed by atoms with Gasteiger partial charge in [-0.3, -0.25) is 4.79 Å². The van der Waals surface area contributed by atoms with Crippen molar-refractivity contribution >= 4 is 35.8 Å². The van der Waals surface area contributed by atoms with Gasteiger partial charge in [-0.1, -0.05) is 44.2 Å². The van der Waals surface area contributed by atoms with Crippen LogP contribution in [0.3, 0.4) is 0 Å². The topological polar surface area (TPSA) is 87.4 Å². The van der Waals surface area contributed by atoms with Crippen molar-refractivity contribution in [1.82, 2.24) is 30.3 Å². The molecular weight excluding hydrogens is 517 g/mol. The van der Waals surface area contributed by atoms with Gasteiger partial charge in [0.2, 0.25) is 5.91 Å². The number of aliphatic imine (C=N–C) groups is 1. The normalized spacial score (nSPS) is 15.9. The number of hydrogen-bond acceptors (Lipinski definition) is 4. The number of halogens is 1. The van der Waals surface area contributed by atoms with Gasteiger partial charge in [-0.25, -0.2) is 4.99 Å². The maximum absolute atomic E-state index is 12.3. The van der Waals surface area contributed by atoms with Gasteiger partial charge in [-0.2, -0.15) is 0 Å². The Bertz CT molecular complexity index is 889. The first-order valence-electron chi connectivity index (χ1n) is 11.1. The summed E-state index contributed by atoms with van der Waals surface area (Å²) in [4.78, 5) is 19.1. The predicted molar refractivity (Wildman–Crippen MR) is 138 cm³/mol. The van der Waals surface area contributed by atoms with Gasteiger partial charge in [0.25, 0.3) is 0 Å². The molecular formula is C23H36IN7O. The number of guanidine groups is 1. The first kappa shape index (κ1) is 26.1. The second kappa shape index (κ2) is 12.2. The molecule has 0 saturated carbocycles. The molecule has 0 radical (unpaired) electrons. The van der Waals surface area contributed by atoms with Crippen LogP contribution in [0.1, 0.15) is 56.9 Å². The summed E-state index contributed by atoms with van der Waals surface area (Å²) in [5, 5.41) is 15.5. The van der Waals surface area contributed by atoms with Crippen LogP contribution in [0.4, 0.5) is 0 Å². The zero-order valence-electron chi connectivity index (χ0n) is 19.7. The van der Waals surface area contributed by atoms with Gasteiger partial charge >= 0.3 is 0 Å². The zero-order chi connectivity index (χ0) is 22.4. The van der Waals surface area contributed by atoms with Gasteiger partial charge in [0, 0.05) is 32.1 Å². The SMILES string of the molecule is Cc1nnc(CN=C(NC2CCN(C(=O)C(C)C)CC2)NC(C)c2ccccc2)n1C.I. The summed E-state index contributed by atoms with van der Waals surface area (Å²) in [5.74, 6) is 2.73. The molecule has 1 atom stereocenters. The minimum atomic E-state index is 0. The Hall–Kier alpha value is -2.17. The molecule has 2 N–H and O–H groups in total. The summed E-state index contributed by atoms with van der Waals surface area (Å²) in [5.41, 5.74) is 1.20. The number of piperidine rings is 1.